The van der Waals surface area contributed by atoms with E-state index < -0.39 is 46.6 Å². The highest BCUT2D eigenvalue weighted by molar-refractivity contribution is 8.14. The molecular weight excluding hydrogens is 627 g/mol. The molecule has 3 fully saturated rings. The van der Waals surface area contributed by atoms with E-state index in [1.54, 1.807) is 11.0 Å². The van der Waals surface area contributed by atoms with Crippen LogP contribution < -0.4 is 21.3 Å². The van der Waals surface area contributed by atoms with E-state index >= 15 is 0 Å². The number of Topliss-reactive ketones (excluding diaryl/α,β-unsaturated/α-hetero) is 1. The van der Waals surface area contributed by atoms with Crippen molar-refractivity contribution in [1.82, 2.24) is 26.2 Å². The number of ketones is 1. The van der Waals surface area contributed by atoms with Crippen LogP contribution >= 0.6 is 10.5 Å². The number of amides is 5. The van der Waals surface area contributed by atoms with E-state index in [9.17, 15) is 24.0 Å². The molecule has 1 aliphatic heterocycles. The van der Waals surface area contributed by atoms with Gasteiger partial charge in [-0.2, -0.15) is 10.5 Å². The zero-order valence-corrected chi connectivity index (χ0v) is 31.7. The number of carbonyl (C=O) groups is 5. The first-order chi connectivity index (χ1) is 22.4. The summed E-state index contributed by atoms with van der Waals surface area (Å²) >= 11 is 0. The molecule has 0 radical (unpaired) electrons. The number of nitrogens with one attached hydrogen (secondary N) is 4. The van der Waals surface area contributed by atoms with Gasteiger partial charge in [-0.25, -0.2) is 4.79 Å². The Morgan fingerprint density at radius 2 is 1.67 bits per heavy atom. The lowest BCUT2D eigenvalue weighted by molar-refractivity contribution is -0.144. The molecule has 10 nitrogen and oxygen atoms in total. The van der Waals surface area contributed by atoms with Gasteiger partial charge in [0.05, 0.1) is 11.6 Å². The largest absolute Gasteiger partial charge is 0.349 e. The molecule has 11 heteroatoms. The van der Waals surface area contributed by atoms with Gasteiger partial charge in [0, 0.05) is 18.8 Å². The maximum absolute atomic E-state index is 14.5. The van der Waals surface area contributed by atoms with Crippen molar-refractivity contribution in [2.45, 2.75) is 136 Å². The minimum atomic E-state index is -0.975. The van der Waals surface area contributed by atoms with Crippen LogP contribution in [0.25, 0.3) is 0 Å². The first-order valence-corrected chi connectivity index (χ1v) is 19.8. The summed E-state index contributed by atoms with van der Waals surface area (Å²) in [7, 11) is 0.0512. The predicted molar refractivity (Wildman–Crippen MR) is 196 cm³/mol. The molecule has 2 aliphatic carbocycles. The van der Waals surface area contributed by atoms with E-state index in [2.05, 4.69) is 46.4 Å². The normalized spacial score (nSPS) is 24.0. The highest BCUT2D eigenvalue weighted by Gasteiger charge is 2.52. The topological polar surface area (TPSA) is 137 Å². The van der Waals surface area contributed by atoms with E-state index in [4.69, 9.17) is 0 Å². The fraction of sp³-hybridized carbons (Fsp3) is 0.784. The summed E-state index contributed by atoms with van der Waals surface area (Å²) in [5.41, 5.74) is -1.37. The highest BCUT2D eigenvalue weighted by Crippen LogP contribution is 2.41. The Kier molecular flexibility index (Phi) is 13.9. The fourth-order valence-corrected chi connectivity index (χ4v) is 8.72. The molecule has 272 valence electrons. The van der Waals surface area contributed by atoms with Gasteiger partial charge in [0.25, 0.3) is 5.91 Å². The summed E-state index contributed by atoms with van der Waals surface area (Å²) in [6.45, 7) is 18.1. The van der Waals surface area contributed by atoms with Gasteiger partial charge in [-0.3, -0.25) is 19.2 Å². The lowest BCUT2D eigenvalue weighted by atomic mass is 9.79. The van der Waals surface area contributed by atoms with Crippen LogP contribution in [0.3, 0.4) is 0 Å². The number of likely N-dealkylation sites (tertiary alicyclic amines) is 1. The molecule has 5 atom stereocenters. The minimum absolute atomic E-state index is 0.0512. The lowest BCUT2D eigenvalue weighted by Crippen LogP contribution is -2.63. The molecule has 0 bridgehead atoms. The highest BCUT2D eigenvalue weighted by atomic mass is 32.2. The predicted octanol–water partition coefficient (Wildman–Crippen LogP) is 4.93. The molecule has 48 heavy (non-hydrogen) atoms. The summed E-state index contributed by atoms with van der Waals surface area (Å²) in [6, 6.07) is -3.10. The van der Waals surface area contributed by atoms with E-state index in [0.717, 1.165) is 57.1 Å². The average molecular weight is 690 g/mol. The number of hydrogen-bond donors (Lipinski definition) is 4. The van der Waals surface area contributed by atoms with Crippen molar-refractivity contribution >= 4 is 45.4 Å². The molecule has 2 saturated carbocycles. The monoisotopic (exact) mass is 689 g/mol. The molecule has 0 aromatic heterocycles. The van der Waals surface area contributed by atoms with Crippen molar-refractivity contribution in [3.8, 4) is 0 Å². The van der Waals surface area contributed by atoms with Crippen molar-refractivity contribution in [1.29, 1.82) is 0 Å². The molecule has 5 amide bonds. The molecule has 3 unspecified atom stereocenters. The summed E-state index contributed by atoms with van der Waals surface area (Å²) in [4.78, 5) is 70.1. The average Bonchev–Trinajstić information content (AvgIpc) is 3.24. The third-order valence-electron chi connectivity index (χ3n) is 10.9. The number of carbonyl (C=O) groups excluding carboxylic acids is 5. The second kappa shape index (κ2) is 16.8. The SMILES string of the molecule is C=CCCNC(=O)C(=O)C(CC1CCC1)NC(=O)[C@@H]1C(C)C(C)(C)CN1C(=O)[C@@H](NC(=O)NC1(C/S(C)=C/C)CCCCC1)C(C)(C)C. The summed E-state index contributed by atoms with van der Waals surface area (Å²) in [6.07, 6.45) is 12.8. The Bertz CT molecular complexity index is 1230. The second-order valence-corrected chi connectivity index (χ2v) is 18.4. The molecular formula is C37H63N5O5S. The van der Waals surface area contributed by atoms with Crippen LogP contribution in [0.1, 0.15) is 113 Å². The van der Waals surface area contributed by atoms with Gasteiger partial charge >= 0.3 is 6.03 Å². The number of rotatable bonds is 14. The zero-order valence-electron chi connectivity index (χ0n) is 30.8. The van der Waals surface area contributed by atoms with Gasteiger partial charge in [0.15, 0.2) is 0 Å². The molecule has 1 saturated heterocycles. The Morgan fingerprint density at radius 1 is 1.02 bits per heavy atom. The van der Waals surface area contributed by atoms with Crippen molar-refractivity contribution in [3.05, 3.63) is 12.7 Å². The van der Waals surface area contributed by atoms with Crippen LogP contribution in [0.2, 0.25) is 0 Å². The molecule has 3 rings (SSSR count). The van der Waals surface area contributed by atoms with E-state index in [0.29, 0.717) is 25.9 Å². The van der Waals surface area contributed by atoms with Crippen LogP contribution in [0.4, 0.5) is 4.79 Å². The first kappa shape index (κ1) is 39.7. The molecule has 0 aromatic carbocycles. The third kappa shape index (κ3) is 10.2. The van der Waals surface area contributed by atoms with E-state index in [1.165, 1.54) is 0 Å². The van der Waals surface area contributed by atoms with Gasteiger partial charge in [-0.05, 0) is 61.5 Å². The minimum Gasteiger partial charge on any atom is -0.349 e. The smallest absolute Gasteiger partial charge is 0.315 e. The van der Waals surface area contributed by atoms with Crippen LogP contribution in [0.15, 0.2) is 12.7 Å². The van der Waals surface area contributed by atoms with Crippen molar-refractivity contribution in [2.24, 2.45) is 22.7 Å². The van der Waals surface area contributed by atoms with Gasteiger partial charge in [-0.15, -0.1) is 6.58 Å². The standard InChI is InChI=1S/C37H63N5O5S/c1-10-12-21-38-32(45)29(43)27(22-26-17-16-18-26)39-31(44)28-25(3)36(7,8)23-42(28)33(46)30(35(4,5)6)40-34(47)41-37(24-48(9)11-2)19-14-13-15-20-37/h10-11,25-28,30H,1,12-24H2,2-9H3,(H,38,45)(H,39,44)(H2,40,41,47)/t25?,27?,28-,30+,48?/m0/s1. The Hall–Kier alpha value is -2.69. The maximum atomic E-state index is 14.5. The maximum Gasteiger partial charge on any atom is 0.315 e. The van der Waals surface area contributed by atoms with Crippen LogP contribution in [-0.4, -0.2) is 88.6 Å². The fourth-order valence-electron chi connectivity index (χ4n) is 7.32. The van der Waals surface area contributed by atoms with Crippen LogP contribution in [-0.2, 0) is 19.2 Å². The lowest BCUT2D eigenvalue weighted by Gasteiger charge is -2.40. The number of nitrogens with zero attached hydrogens (tertiary/aromatic N) is 1. The van der Waals surface area contributed by atoms with Crippen LogP contribution in [0, 0.1) is 22.7 Å². The summed E-state index contributed by atoms with van der Waals surface area (Å²) < 4.78 is 0. The summed E-state index contributed by atoms with van der Waals surface area (Å²) in [5, 5.41) is 14.1. The van der Waals surface area contributed by atoms with E-state index in [-0.39, 0.29) is 39.8 Å². The number of hydrogen-bond acceptors (Lipinski definition) is 5. The van der Waals surface area contributed by atoms with Crippen molar-refractivity contribution in [3.63, 3.8) is 0 Å². The molecule has 4 N–H and O–H groups in total. The van der Waals surface area contributed by atoms with Gasteiger partial charge in [0.2, 0.25) is 17.6 Å². The van der Waals surface area contributed by atoms with Crippen molar-refractivity contribution < 1.29 is 24.0 Å². The first-order valence-electron chi connectivity index (χ1n) is 18.0. The third-order valence-corrected chi connectivity index (χ3v) is 12.8. The second-order valence-electron chi connectivity index (χ2n) is 16.3. The number of urea groups is 1. The van der Waals surface area contributed by atoms with Gasteiger partial charge in [0.1, 0.15) is 12.1 Å². The Morgan fingerprint density at radius 3 is 2.21 bits per heavy atom. The molecule has 1 heterocycles. The Labute approximate surface area is 291 Å². The Balaban J connectivity index is 1.84. The molecule has 0 aromatic rings. The van der Waals surface area contributed by atoms with Crippen molar-refractivity contribution in [2.75, 3.05) is 25.1 Å². The molecule has 3 aliphatic rings. The zero-order chi connectivity index (χ0) is 35.9. The van der Waals surface area contributed by atoms with E-state index in [1.807, 2.05) is 41.5 Å². The quantitative estimate of drug-likeness (QED) is 0.0888. The van der Waals surface area contributed by atoms with Gasteiger partial charge in [-0.1, -0.05) is 91.5 Å². The van der Waals surface area contributed by atoms with Crippen LogP contribution in [0.5, 0.6) is 0 Å². The molecule has 0 spiro atoms. The van der Waals surface area contributed by atoms with Gasteiger partial charge < -0.3 is 26.2 Å². The summed E-state index contributed by atoms with van der Waals surface area (Å²) in [5.74, 6) is -1.27.